The van der Waals surface area contributed by atoms with E-state index in [0.717, 1.165) is 46.7 Å². The van der Waals surface area contributed by atoms with Gasteiger partial charge in [0.15, 0.2) is 5.71 Å². The molecule has 1 saturated heterocycles. The maximum atomic E-state index is 13.8. The highest BCUT2D eigenvalue weighted by Crippen LogP contribution is 2.38. The summed E-state index contributed by atoms with van der Waals surface area (Å²) in [6.45, 7) is 4.27. The summed E-state index contributed by atoms with van der Waals surface area (Å²) < 4.78 is 42.2. The summed E-state index contributed by atoms with van der Waals surface area (Å²) >= 11 is 1.15. The first kappa shape index (κ1) is 19.9. The monoisotopic (exact) mass is 422 g/mol. The molecule has 0 saturated carbocycles. The number of alkyl halides is 3. The molecule has 0 N–H and O–H groups in total. The van der Waals surface area contributed by atoms with Crippen molar-refractivity contribution in [3.63, 3.8) is 0 Å². The summed E-state index contributed by atoms with van der Waals surface area (Å²) in [5.74, 6) is -0.769. The standard InChI is InChI=1S/C20H21F3N4OS/c1-3-13-8-6-7-11-26(13)12(2)16-17(20(21,22)23)25-27(18(16)28)19-24-14-9-4-5-10-15(14)29-19/h4-5,9-10,13H,3,6-8,11H2,1-2H3/b16-12+. The van der Waals surface area contributed by atoms with Crippen molar-refractivity contribution in [1.29, 1.82) is 0 Å². The second kappa shape index (κ2) is 7.44. The molecular formula is C20H21F3N4OS. The van der Waals surface area contributed by atoms with Crippen LogP contribution in [0.3, 0.4) is 0 Å². The van der Waals surface area contributed by atoms with E-state index in [1.54, 1.807) is 19.1 Å². The van der Waals surface area contributed by atoms with Crippen LogP contribution in [0, 0.1) is 0 Å². The zero-order valence-electron chi connectivity index (χ0n) is 16.2. The van der Waals surface area contributed by atoms with Gasteiger partial charge in [0.05, 0.1) is 15.8 Å². The summed E-state index contributed by atoms with van der Waals surface area (Å²) in [7, 11) is 0. The van der Waals surface area contributed by atoms with E-state index in [2.05, 4.69) is 10.1 Å². The van der Waals surface area contributed by atoms with E-state index in [9.17, 15) is 18.0 Å². The van der Waals surface area contributed by atoms with Gasteiger partial charge in [0, 0.05) is 18.3 Å². The van der Waals surface area contributed by atoms with Crippen LogP contribution in [0.25, 0.3) is 10.2 Å². The first-order valence-electron chi connectivity index (χ1n) is 9.65. The first-order valence-corrected chi connectivity index (χ1v) is 10.5. The zero-order chi connectivity index (χ0) is 20.8. The number of anilines is 1. The topological polar surface area (TPSA) is 48.8 Å². The number of hydrogen-bond donors (Lipinski definition) is 0. The fraction of sp³-hybridized carbons (Fsp3) is 0.450. The number of benzene rings is 1. The van der Waals surface area contributed by atoms with Crippen molar-refractivity contribution in [2.75, 3.05) is 11.6 Å². The minimum absolute atomic E-state index is 0.134. The average Bonchev–Trinajstić information content (AvgIpc) is 3.28. The normalized spacial score (nSPS) is 22.4. The summed E-state index contributed by atoms with van der Waals surface area (Å²) in [6, 6.07) is 7.31. The predicted molar refractivity (Wildman–Crippen MR) is 108 cm³/mol. The number of carbonyl (C=O) groups is 1. The van der Waals surface area contributed by atoms with Crippen LogP contribution in [0.5, 0.6) is 0 Å². The number of piperidine rings is 1. The van der Waals surface area contributed by atoms with Crippen LogP contribution in [-0.4, -0.2) is 40.3 Å². The number of allylic oxidation sites excluding steroid dienone is 1. The molecule has 29 heavy (non-hydrogen) atoms. The molecule has 1 aromatic heterocycles. The third kappa shape index (κ3) is 3.52. The molecule has 0 bridgehead atoms. The average molecular weight is 422 g/mol. The number of likely N-dealkylation sites (tertiary alicyclic amines) is 1. The molecule has 2 aromatic rings. The Morgan fingerprint density at radius 3 is 2.72 bits per heavy atom. The number of rotatable bonds is 3. The number of fused-ring (bicyclic) bond motifs is 1. The molecule has 5 nitrogen and oxygen atoms in total. The Morgan fingerprint density at radius 1 is 1.28 bits per heavy atom. The molecular weight excluding hydrogens is 401 g/mol. The molecule has 1 amide bonds. The van der Waals surface area contributed by atoms with E-state index < -0.39 is 17.8 Å². The molecule has 2 aliphatic heterocycles. The Labute approximate surface area is 170 Å². The summed E-state index contributed by atoms with van der Waals surface area (Å²) in [5, 5.41) is 4.64. The number of nitrogens with zero attached hydrogens (tertiary/aromatic N) is 4. The van der Waals surface area contributed by atoms with Gasteiger partial charge in [-0.1, -0.05) is 30.4 Å². The third-order valence-corrected chi connectivity index (χ3v) is 6.48. The van der Waals surface area contributed by atoms with Crippen molar-refractivity contribution in [3.8, 4) is 0 Å². The molecule has 154 valence electrons. The molecule has 3 heterocycles. The Hall–Kier alpha value is -2.42. The van der Waals surface area contributed by atoms with Crippen LogP contribution in [0.15, 0.2) is 40.6 Å². The second-order valence-corrected chi connectivity index (χ2v) is 8.25. The molecule has 2 aliphatic rings. The summed E-state index contributed by atoms with van der Waals surface area (Å²) in [4.78, 5) is 19.4. The molecule has 9 heteroatoms. The van der Waals surface area contributed by atoms with E-state index in [-0.39, 0.29) is 16.7 Å². The molecule has 1 aromatic carbocycles. The van der Waals surface area contributed by atoms with Crippen molar-refractivity contribution in [2.24, 2.45) is 5.10 Å². The lowest BCUT2D eigenvalue weighted by atomic mass is 9.97. The van der Waals surface area contributed by atoms with Gasteiger partial charge in [0.2, 0.25) is 5.13 Å². The second-order valence-electron chi connectivity index (χ2n) is 7.24. The number of para-hydroxylation sites is 1. The van der Waals surface area contributed by atoms with Crippen LogP contribution >= 0.6 is 11.3 Å². The van der Waals surface area contributed by atoms with E-state index in [1.807, 2.05) is 24.0 Å². The Balaban J connectivity index is 1.79. The van der Waals surface area contributed by atoms with Gasteiger partial charge in [-0.05, 0) is 44.7 Å². The molecule has 0 aliphatic carbocycles. The lowest BCUT2D eigenvalue weighted by molar-refractivity contribution is -0.114. The number of halogens is 3. The SMILES string of the molecule is CCC1CCCCN1/C(C)=C1/C(=O)N(c2nc3ccccc3s2)N=C1C(F)(F)F. The van der Waals surface area contributed by atoms with Crippen LogP contribution in [0.2, 0.25) is 0 Å². The van der Waals surface area contributed by atoms with E-state index in [1.165, 1.54) is 0 Å². The highest BCUT2D eigenvalue weighted by atomic mass is 32.1. The Morgan fingerprint density at radius 2 is 2.03 bits per heavy atom. The fourth-order valence-electron chi connectivity index (χ4n) is 4.02. The predicted octanol–water partition coefficient (Wildman–Crippen LogP) is 5.10. The molecule has 1 atom stereocenters. The lowest BCUT2D eigenvalue weighted by Gasteiger charge is -2.38. The van der Waals surface area contributed by atoms with Gasteiger partial charge in [0.25, 0.3) is 5.91 Å². The smallest absolute Gasteiger partial charge is 0.371 e. The zero-order valence-corrected chi connectivity index (χ0v) is 17.0. The van der Waals surface area contributed by atoms with Gasteiger partial charge in [-0.2, -0.15) is 23.3 Å². The number of thiazole rings is 1. The lowest BCUT2D eigenvalue weighted by Crippen LogP contribution is -2.40. The van der Waals surface area contributed by atoms with Crippen molar-refractivity contribution in [1.82, 2.24) is 9.88 Å². The molecule has 0 radical (unpaired) electrons. The van der Waals surface area contributed by atoms with Crippen molar-refractivity contribution >= 4 is 38.3 Å². The van der Waals surface area contributed by atoms with Crippen LogP contribution in [0.4, 0.5) is 18.3 Å². The van der Waals surface area contributed by atoms with Gasteiger partial charge in [-0.15, -0.1) is 0 Å². The van der Waals surface area contributed by atoms with E-state index in [0.29, 0.717) is 17.8 Å². The maximum Gasteiger partial charge on any atom is 0.436 e. The fourth-order valence-corrected chi connectivity index (χ4v) is 4.93. The number of amides is 1. The van der Waals surface area contributed by atoms with Gasteiger partial charge in [-0.3, -0.25) is 4.79 Å². The van der Waals surface area contributed by atoms with Gasteiger partial charge in [-0.25, -0.2) is 4.98 Å². The highest BCUT2D eigenvalue weighted by Gasteiger charge is 2.49. The Bertz CT molecular complexity index is 978. The first-order chi connectivity index (χ1) is 13.8. The maximum absolute atomic E-state index is 13.8. The van der Waals surface area contributed by atoms with E-state index >= 15 is 0 Å². The van der Waals surface area contributed by atoms with Gasteiger partial charge in [0.1, 0.15) is 0 Å². The minimum atomic E-state index is -4.73. The summed E-state index contributed by atoms with van der Waals surface area (Å²) in [5.41, 5.74) is -0.529. The largest absolute Gasteiger partial charge is 0.436 e. The summed E-state index contributed by atoms with van der Waals surface area (Å²) in [6.07, 6.45) is -1.05. The number of hydrazone groups is 1. The Kier molecular flexibility index (Phi) is 5.10. The van der Waals surface area contributed by atoms with Gasteiger partial charge >= 0.3 is 6.18 Å². The number of hydrogen-bond acceptors (Lipinski definition) is 5. The van der Waals surface area contributed by atoms with Crippen molar-refractivity contribution in [2.45, 2.75) is 51.7 Å². The minimum Gasteiger partial charge on any atom is -0.371 e. The van der Waals surface area contributed by atoms with Crippen molar-refractivity contribution in [3.05, 3.63) is 35.5 Å². The molecule has 1 fully saturated rings. The molecule has 0 spiro atoms. The van der Waals surface area contributed by atoms with Crippen LogP contribution in [0.1, 0.15) is 39.5 Å². The number of carbonyl (C=O) groups excluding carboxylic acids is 1. The number of aromatic nitrogens is 1. The molecule has 1 unspecified atom stereocenters. The van der Waals surface area contributed by atoms with E-state index in [4.69, 9.17) is 0 Å². The van der Waals surface area contributed by atoms with Crippen LogP contribution < -0.4 is 5.01 Å². The third-order valence-electron chi connectivity index (χ3n) is 5.47. The van der Waals surface area contributed by atoms with Crippen molar-refractivity contribution < 1.29 is 18.0 Å². The quantitative estimate of drug-likeness (QED) is 0.647. The molecule has 4 rings (SSSR count). The van der Waals surface area contributed by atoms with Gasteiger partial charge < -0.3 is 4.90 Å². The highest BCUT2D eigenvalue weighted by molar-refractivity contribution is 7.22. The van der Waals surface area contributed by atoms with Crippen LogP contribution in [-0.2, 0) is 4.79 Å².